The number of ether oxygens (including phenoxy) is 4. The number of fused-ring (bicyclic) bond motifs is 2. The molecule has 0 bridgehead atoms. The zero-order valence-electron chi connectivity index (χ0n) is 37.4. The molecule has 2 amide bonds. The Bertz CT molecular complexity index is 1810. The third kappa shape index (κ3) is 15.2. The SMILES string of the molecule is CC(C)(C)OC(=O)N1Cc2nc(Cl)nc(C3=CCOCC3)c2C1.CC(C)(C)OC(=O)N1Cc2nc(Cl)nc(Cl)c2C1.CCC[CH2][Sn]([CH2]CCC)([CH2]CCC)[C]1=CCOCC1. The second-order valence-electron chi connectivity index (χ2n) is 17.8. The van der Waals surface area contributed by atoms with Crippen LogP contribution in [0.1, 0.15) is 142 Å². The van der Waals surface area contributed by atoms with Gasteiger partial charge in [0.25, 0.3) is 0 Å². The number of halogens is 3. The molecule has 4 aliphatic rings. The number of unbranched alkanes of at least 4 members (excludes halogenated alkanes) is 3. The van der Waals surface area contributed by atoms with Crippen molar-refractivity contribution in [3.63, 3.8) is 0 Å². The van der Waals surface area contributed by atoms with Crippen molar-refractivity contribution in [1.29, 1.82) is 0 Å². The van der Waals surface area contributed by atoms with Gasteiger partial charge in [-0.25, -0.2) is 29.5 Å². The molecule has 60 heavy (non-hydrogen) atoms. The van der Waals surface area contributed by atoms with Gasteiger partial charge in [-0.15, -0.1) is 0 Å². The molecule has 0 saturated carbocycles. The van der Waals surface area contributed by atoms with Crippen LogP contribution < -0.4 is 0 Å². The Labute approximate surface area is 377 Å². The van der Waals surface area contributed by atoms with Crippen LogP contribution >= 0.6 is 34.8 Å². The van der Waals surface area contributed by atoms with Crippen LogP contribution in [0.25, 0.3) is 5.57 Å². The van der Waals surface area contributed by atoms with E-state index in [0.717, 1.165) is 47.7 Å². The number of rotatable bonds is 11. The first-order valence-electron chi connectivity index (χ1n) is 21.6. The number of nitrogens with zero attached hydrogens (tertiary/aromatic N) is 6. The Morgan fingerprint density at radius 2 is 1.13 bits per heavy atom. The van der Waals surface area contributed by atoms with E-state index in [9.17, 15) is 9.59 Å². The summed E-state index contributed by atoms with van der Waals surface area (Å²) in [5.74, 6) is 0. The van der Waals surface area contributed by atoms with Gasteiger partial charge in [-0.1, -0.05) is 17.7 Å². The number of carbonyl (C=O) groups is 2. The molecular weight excluding hydrogens is 934 g/mol. The van der Waals surface area contributed by atoms with Gasteiger partial charge in [0.05, 0.1) is 56.5 Å². The Kier molecular flexibility index (Phi) is 19.7. The molecule has 334 valence electrons. The van der Waals surface area contributed by atoms with Gasteiger partial charge in [0.2, 0.25) is 10.6 Å². The second-order valence-corrected chi connectivity index (χ2v) is 32.3. The molecule has 0 atom stereocenters. The zero-order valence-corrected chi connectivity index (χ0v) is 42.5. The molecule has 0 radical (unpaired) electrons. The molecule has 0 aliphatic carbocycles. The minimum atomic E-state index is -2.04. The van der Waals surface area contributed by atoms with E-state index < -0.39 is 35.7 Å². The molecular formula is C44H67Cl3N6O6Sn. The van der Waals surface area contributed by atoms with Crippen molar-refractivity contribution in [2.45, 2.75) is 164 Å². The first-order valence-corrected chi connectivity index (χ1v) is 30.3. The van der Waals surface area contributed by atoms with Crippen LogP contribution in [0.5, 0.6) is 0 Å². The average Bonchev–Trinajstić information content (AvgIpc) is 3.83. The van der Waals surface area contributed by atoms with Crippen LogP contribution in [-0.2, 0) is 45.1 Å². The average molecular weight is 1000 g/mol. The van der Waals surface area contributed by atoms with E-state index in [-0.39, 0.29) is 21.8 Å². The molecule has 0 saturated heterocycles. The fraction of sp³-hybridized carbons (Fsp3) is 0.682. The molecule has 0 fully saturated rings. The summed E-state index contributed by atoms with van der Waals surface area (Å²) in [4.78, 5) is 43.9. The summed E-state index contributed by atoms with van der Waals surface area (Å²) in [6, 6.07) is 0. The van der Waals surface area contributed by atoms with Crippen molar-refractivity contribution < 1.29 is 28.5 Å². The Balaban J connectivity index is 0.000000201. The van der Waals surface area contributed by atoms with Gasteiger partial charge >= 0.3 is 137 Å². The van der Waals surface area contributed by atoms with E-state index in [0.29, 0.717) is 45.1 Å². The molecule has 0 spiro atoms. The fourth-order valence-corrected chi connectivity index (χ4v) is 25.4. The van der Waals surface area contributed by atoms with Crippen molar-refractivity contribution in [3.8, 4) is 0 Å². The summed E-state index contributed by atoms with van der Waals surface area (Å²) in [6.45, 7) is 22.7. The number of carbonyl (C=O) groups excluding carboxylic acids is 2. The van der Waals surface area contributed by atoms with Crippen molar-refractivity contribution >= 4 is 70.9 Å². The maximum absolute atomic E-state index is 12.3. The monoisotopic (exact) mass is 1000 g/mol. The zero-order chi connectivity index (χ0) is 44.1. The number of amides is 2. The molecule has 2 aromatic heterocycles. The van der Waals surface area contributed by atoms with Crippen molar-refractivity contribution in [2.24, 2.45) is 0 Å². The Hall–Kier alpha value is -2.23. The van der Waals surface area contributed by atoms with E-state index in [2.05, 4.69) is 46.8 Å². The van der Waals surface area contributed by atoms with Gasteiger partial charge < -0.3 is 14.2 Å². The summed E-state index contributed by atoms with van der Waals surface area (Å²) >= 11 is 15.7. The van der Waals surface area contributed by atoms with Crippen LogP contribution in [0, 0.1) is 0 Å². The van der Waals surface area contributed by atoms with Crippen LogP contribution in [0.4, 0.5) is 9.59 Å². The third-order valence-electron chi connectivity index (χ3n) is 10.7. The Morgan fingerprint density at radius 3 is 1.58 bits per heavy atom. The second kappa shape index (κ2) is 23.5. The molecule has 4 aliphatic heterocycles. The van der Waals surface area contributed by atoms with E-state index in [4.69, 9.17) is 53.8 Å². The summed E-state index contributed by atoms with van der Waals surface area (Å²) in [5, 5.41) is 0.582. The third-order valence-corrected chi connectivity index (χ3v) is 27.8. The number of hydrogen-bond donors (Lipinski definition) is 0. The van der Waals surface area contributed by atoms with Crippen LogP contribution in [0.2, 0.25) is 29.0 Å². The Morgan fingerprint density at radius 1 is 0.667 bits per heavy atom. The van der Waals surface area contributed by atoms with E-state index in [1.807, 2.05) is 51.2 Å². The van der Waals surface area contributed by atoms with Crippen molar-refractivity contribution in [2.75, 3.05) is 26.4 Å². The van der Waals surface area contributed by atoms with Crippen LogP contribution in [0.15, 0.2) is 15.7 Å². The molecule has 0 aromatic carbocycles. The van der Waals surface area contributed by atoms with Crippen LogP contribution in [0.3, 0.4) is 0 Å². The standard InChI is InChI=1S/C16H20ClN3O3.C11H13Cl2N3O2.C5H7O.3C4H9.Sn/c1-16(2,3)23-15(21)20-8-11-12(9-20)18-14(17)19-13(11)10-4-6-22-7-5-10;1-11(2,3)18-10(17)16-4-6-7(5-16)14-9(13)15-8(6)12;1-2-4-6-5-3-1;3*1-3-4-2;/h4H,5-9H2,1-3H3;4-5H2,1-3H3;2H,3-5H2;3*1,3-4H2,2H3;. The number of aromatic nitrogens is 4. The molecule has 2 aromatic rings. The van der Waals surface area contributed by atoms with E-state index in [1.165, 1.54) is 49.8 Å². The van der Waals surface area contributed by atoms with Gasteiger partial charge in [-0.2, -0.15) is 0 Å². The number of hydrogen-bond acceptors (Lipinski definition) is 10. The van der Waals surface area contributed by atoms with E-state index in [1.54, 1.807) is 18.2 Å². The molecule has 16 heteroatoms. The molecule has 6 heterocycles. The van der Waals surface area contributed by atoms with Crippen LogP contribution in [-0.4, -0.2) is 97.9 Å². The minimum absolute atomic E-state index is 0.0878. The first-order chi connectivity index (χ1) is 28.4. The summed E-state index contributed by atoms with van der Waals surface area (Å²) in [5.41, 5.74) is 4.02. The van der Waals surface area contributed by atoms with Gasteiger partial charge in [-0.3, -0.25) is 9.80 Å². The predicted octanol–water partition coefficient (Wildman–Crippen LogP) is 11.9. The summed E-state index contributed by atoms with van der Waals surface area (Å²) < 4.78 is 28.4. The van der Waals surface area contributed by atoms with Gasteiger partial charge in [-0.05, 0) is 76.7 Å². The van der Waals surface area contributed by atoms with E-state index >= 15 is 0 Å². The van der Waals surface area contributed by atoms with Gasteiger partial charge in [0, 0.05) is 11.1 Å². The molecule has 0 unspecified atom stereocenters. The molecule has 6 rings (SSSR count). The van der Waals surface area contributed by atoms with Crippen molar-refractivity contribution in [3.05, 3.63) is 59.7 Å². The first kappa shape index (κ1) is 50.4. The maximum atomic E-state index is 12.3. The van der Waals surface area contributed by atoms with Crippen molar-refractivity contribution in [1.82, 2.24) is 29.7 Å². The summed E-state index contributed by atoms with van der Waals surface area (Å²) in [6.07, 6.45) is 14.4. The summed E-state index contributed by atoms with van der Waals surface area (Å²) in [7, 11) is 0. The topological polar surface area (TPSA) is 129 Å². The normalized spacial score (nSPS) is 16.4. The van der Waals surface area contributed by atoms with Gasteiger partial charge in [0.1, 0.15) is 16.4 Å². The molecule has 12 nitrogen and oxygen atoms in total. The van der Waals surface area contributed by atoms with Gasteiger partial charge in [0.15, 0.2) is 0 Å². The molecule has 0 N–H and O–H groups in total. The fourth-order valence-electron chi connectivity index (χ4n) is 7.74. The quantitative estimate of drug-likeness (QED) is 0.122. The predicted molar refractivity (Wildman–Crippen MR) is 242 cm³/mol.